The van der Waals surface area contributed by atoms with E-state index in [9.17, 15) is 0 Å². The van der Waals surface area contributed by atoms with Crippen molar-refractivity contribution in [2.45, 2.75) is 0 Å². The van der Waals surface area contributed by atoms with Crippen LogP contribution in [0.15, 0.2) is 60.7 Å². The summed E-state index contributed by atoms with van der Waals surface area (Å²) in [5, 5.41) is 5.25. The van der Waals surface area contributed by atoms with Gasteiger partial charge in [-0.05, 0) is 40.7 Å². The first-order chi connectivity index (χ1) is 7.93. The predicted molar refractivity (Wildman–Crippen MR) is 71.6 cm³/mol. The molecule has 0 fully saturated rings. The molecule has 0 aromatic heterocycles. The minimum absolute atomic E-state index is 1.31. The third-order valence-corrected chi connectivity index (χ3v) is 2.61. The molecule has 0 bridgehead atoms. The molecule has 0 aliphatic carbocycles. The van der Waals surface area contributed by atoms with Gasteiger partial charge in [0, 0.05) is 0 Å². The van der Waals surface area contributed by atoms with Crippen molar-refractivity contribution in [3.8, 4) is 0 Å². The number of benzene rings is 3. The molecule has 3 aromatic carbocycles. The first-order valence-electron chi connectivity index (χ1n) is 5.39. The van der Waals surface area contributed by atoms with E-state index in [0.29, 0.717) is 0 Å². The highest BCUT2D eigenvalue weighted by atomic mass is 14.4. The van der Waals surface area contributed by atoms with Crippen LogP contribution in [-0.4, -0.2) is 7.05 Å². The Bertz CT molecular complexity index is 494. The average Bonchev–Trinajstić information content (AvgIpc) is 2.38. The van der Waals surface area contributed by atoms with E-state index < -0.39 is 0 Å². The van der Waals surface area contributed by atoms with Gasteiger partial charge in [0.2, 0.25) is 0 Å². The summed E-state index contributed by atoms with van der Waals surface area (Å²) >= 11 is 0. The molecular formula is C15H15N. The van der Waals surface area contributed by atoms with Gasteiger partial charge in [0.1, 0.15) is 0 Å². The molecule has 16 heavy (non-hydrogen) atoms. The molecule has 1 nitrogen and oxygen atoms in total. The van der Waals surface area contributed by atoms with E-state index in [4.69, 9.17) is 0 Å². The van der Waals surface area contributed by atoms with Crippen LogP contribution < -0.4 is 5.73 Å². The largest absolute Gasteiger partial charge is 0.333 e. The zero-order chi connectivity index (χ0) is 11.4. The smallest absolute Gasteiger partial charge is 0.0178 e. The Kier molecular flexibility index (Phi) is 3.18. The van der Waals surface area contributed by atoms with Gasteiger partial charge < -0.3 is 5.73 Å². The Morgan fingerprint density at radius 2 is 0.812 bits per heavy atom. The van der Waals surface area contributed by atoms with Crippen LogP contribution in [0.5, 0.6) is 0 Å². The summed E-state index contributed by atoms with van der Waals surface area (Å²) in [6.45, 7) is 0. The highest BCUT2D eigenvalue weighted by Crippen LogP contribution is 2.21. The van der Waals surface area contributed by atoms with Crippen molar-refractivity contribution in [1.29, 1.82) is 0 Å². The number of fused-ring (bicyclic) bond motifs is 2. The number of hydrogen-bond acceptors (Lipinski definition) is 1. The van der Waals surface area contributed by atoms with Crippen molar-refractivity contribution in [2.75, 3.05) is 7.05 Å². The van der Waals surface area contributed by atoms with E-state index in [1.807, 2.05) is 0 Å². The maximum atomic E-state index is 4.50. The molecule has 3 aromatic rings. The predicted octanol–water partition coefficient (Wildman–Crippen LogP) is 3.57. The maximum Gasteiger partial charge on any atom is -0.0178 e. The van der Waals surface area contributed by atoms with Gasteiger partial charge in [0.15, 0.2) is 0 Å². The molecular weight excluding hydrogens is 194 g/mol. The van der Waals surface area contributed by atoms with Crippen LogP contribution in [0.1, 0.15) is 0 Å². The van der Waals surface area contributed by atoms with Crippen LogP contribution in [0, 0.1) is 0 Å². The molecule has 0 saturated heterocycles. The molecule has 0 amide bonds. The normalized spacial score (nSPS) is 9.88. The van der Waals surface area contributed by atoms with Crippen LogP contribution in [0.4, 0.5) is 0 Å². The molecule has 0 heterocycles. The average molecular weight is 209 g/mol. The lowest BCUT2D eigenvalue weighted by Gasteiger charge is -2.00. The van der Waals surface area contributed by atoms with Crippen molar-refractivity contribution in [2.24, 2.45) is 5.73 Å². The first-order valence-corrected chi connectivity index (χ1v) is 5.39. The molecule has 0 spiro atoms. The van der Waals surface area contributed by atoms with Gasteiger partial charge in [-0.15, -0.1) is 0 Å². The molecule has 3 rings (SSSR count). The van der Waals surface area contributed by atoms with Crippen LogP contribution in [0.2, 0.25) is 0 Å². The van der Waals surface area contributed by atoms with Gasteiger partial charge in [-0.2, -0.15) is 0 Å². The second-order valence-corrected chi connectivity index (χ2v) is 3.55. The molecule has 0 aliphatic heterocycles. The van der Waals surface area contributed by atoms with Gasteiger partial charge in [-0.3, -0.25) is 0 Å². The van der Waals surface area contributed by atoms with Gasteiger partial charge in [-0.25, -0.2) is 0 Å². The topological polar surface area (TPSA) is 26.0 Å². The standard InChI is InChI=1S/C14H10.CH5N/c1-2-6-12-10-14-8-4-3-7-13(14)9-11(12)5-1;1-2/h1-10H;2H2,1H3. The van der Waals surface area contributed by atoms with Crippen LogP contribution in [-0.2, 0) is 0 Å². The van der Waals surface area contributed by atoms with Crippen molar-refractivity contribution in [3.05, 3.63) is 60.7 Å². The summed E-state index contributed by atoms with van der Waals surface area (Å²) in [4.78, 5) is 0. The summed E-state index contributed by atoms with van der Waals surface area (Å²) in [6.07, 6.45) is 0. The summed E-state index contributed by atoms with van der Waals surface area (Å²) in [5.74, 6) is 0. The van der Waals surface area contributed by atoms with E-state index in [1.165, 1.54) is 28.6 Å². The fraction of sp³-hybridized carbons (Fsp3) is 0.0667. The zero-order valence-corrected chi connectivity index (χ0v) is 9.35. The third-order valence-electron chi connectivity index (χ3n) is 2.61. The molecule has 0 unspecified atom stereocenters. The van der Waals surface area contributed by atoms with Gasteiger partial charge in [-0.1, -0.05) is 48.5 Å². The zero-order valence-electron chi connectivity index (χ0n) is 9.35. The summed E-state index contributed by atoms with van der Waals surface area (Å²) in [6, 6.07) is 21.4. The van der Waals surface area contributed by atoms with Crippen molar-refractivity contribution in [3.63, 3.8) is 0 Å². The van der Waals surface area contributed by atoms with Gasteiger partial charge >= 0.3 is 0 Å². The van der Waals surface area contributed by atoms with Crippen LogP contribution >= 0.6 is 0 Å². The minimum atomic E-state index is 1.31. The number of rotatable bonds is 0. The molecule has 2 N–H and O–H groups in total. The number of hydrogen-bond donors (Lipinski definition) is 1. The molecule has 0 atom stereocenters. The van der Waals surface area contributed by atoms with Crippen molar-refractivity contribution >= 4 is 21.5 Å². The van der Waals surface area contributed by atoms with E-state index in [1.54, 1.807) is 0 Å². The van der Waals surface area contributed by atoms with Gasteiger partial charge in [0.25, 0.3) is 0 Å². The van der Waals surface area contributed by atoms with E-state index in [0.717, 1.165) is 0 Å². The van der Waals surface area contributed by atoms with Crippen LogP contribution in [0.3, 0.4) is 0 Å². The van der Waals surface area contributed by atoms with Crippen molar-refractivity contribution in [1.82, 2.24) is 0 Å². The first kappa shape index (κ1) is 10.7. The van der Waals surface area contributed by atoms with Gasteiger partial charge in [0.05, 0.1) is 0 Å². The molecule has 80 valence electrons. The van der Waals surface area contributed by atoms with E-state index in [-0.39, 0.29) is 0 Å². The highest BCUT2D eigenvalue weighted by Gasteiger charge is 1.95. The summed E-state index contributed by atoms with van der Waals surface area (Å²) in [5.41, 5.74) is 4.50. The Hall–Kier alpha value is -1.86. The maximum absolute atomic E-state index is 4.50. The molecule has 0 aliphatic rings. The third kappa shape index (κ3) is 1.90. The summed E-state index contributed by atoms with van der Waals surface area (Å²) < 4.78 is 0. The SMILES string of the molecule is CN.c1ccc2cc3ccccc3cc2c1. The van der Waals surface area contributed by atoms with E-state index >= 15 is 0 Å². The second-order valence-electron chi connectivity index (χ2n) is 3.55. The second kappa shape index (κ2) is 4.77. The molecule has 0 radical (unpaired) electrons. The van der Waals surface area contributed by atoms with Crippen LogP contribution in [0.25, 0.3) is 21.5 Å². The Labute approximate surface area is 95.5 Å². The highest BCUT2D eigenvalue weighted by molar-refractivity contribution is 5.97. The molecule has 1 heteroatoms. The lowest BCUT2D eigenvalue weighted by molar-refractivity contribution is 1.48. The molecule has 0 saturated carbocycles. The van der Waals surface area contributed by atoms with E-state index in [2.05, 4.69) is 66.4 Å². The van der Waals surface area contributed by atoms with Crippen molar-refractivity contribution < 1.29 is 0 Å². The lowest BCUT2D eigenvalue weighted by Crippen LogP contribution is -1.74. The monoisotopic (exact) mass is 209 g/mol. The number of nitrogens with two attached hydrogens (primary N) is 1. The fourth-order valence-corrected chi connectivity index (χ4v) is 1.88. The minimum Gasteiger partial charge on any atom is -0.333 e. The fourth-order valence-electron chi connectivity index (χ4n) is 1.88. The Morgan fingerprint density at radius 3 is 1.06 bits per heavy atom. The Balaban J connectivity index is 0.000000457. The lowest BCUT2D eigenvalue weighted by atomic mass is 10.0. The Morgan fingerprint density at radius 1 is 0.562 bits per heavy atom. The summed E-state index contributed by atoms with van der Waals surface area (Å²) in [7, 11) is 1.50. The quantitative estimate of drug-likeness (QED) is 0.563.